The molecule has 0 aliphatic heterocycles. The Balaban J connectivity index is 2.04. The molecule has 2 rings (SSSR count). The monoisotopic (exact) mass is 253 g/mol. The maximum absolute atomic E-state index is 11.3. The topological polar surface area (TPSA) is 40.5 Å². The summed E-state index contributed by atoms with van der Waals surface area (Å²) in [5.74, 6) is 0. The van der Waals surface area contributed by atoms with Gasteiger partial charge in [0.05, 0.1) is 6.54 Å². The van der Waals surface area contributed by atoms with Crippen molar-refractivity contribution in [3.05, 3.63) is 21.9 Å². The van der Waals surface area contributed by atoms with Crippen molar-refractivity contribution in [3.8, 4) is 0 Å². The summed E-state index contributed by atoms with van der Waals surface area (Å²) in [5, 5.41) is 9.29. The van der Waals surface area contributed by atoms with E-state index in [0.717, 1.165) is 24.1 Å². The Morgan fingerprint density at radius 3 is 2.59 bits per heavy atom. The summed E-state index contributed by atoms with van der Waals surface area (Å²) in [7, 11) is 0. The van der Waals surface area contributed by atoms with Crippen LogP contribution in [-0.2, 0) is 13.0 Å². The molecular formula is C13H19NO2S. The summed E-state index contributed by atoms with van der Waals surface area (Å²) in [6, 6.07) is 4.41. The number of carbonyl (C=O) groups is 1. The highest BCUT2D eigenvalue weighted by Gasteiger charge is 2.26. The van der Waals surface area contributed by atoms with E-state index in [1.807, 2.05) is 0 Å². The highest BCUT2D eigenvalue weighted by atomic mass is 32.1. The average Bonchev–Trinajstić information content (AvgIpc) is 2.96. The highest BCUT2D eigenvalue weighted by molar-refractivity contribution is 7.11. The normalized spacial score (nSPS) is 16.3. The van der Waals surface area contributed by atoms with Gasteiger partial charge in [0.25, 0.3) is 0 Å². The number of nitrogens with zero attached hydrogens (tertiary/aromatic N) is 1. The molecule has 1 aliphatic carbocycles. The standard InChI is InChI=1S/C13H19NO2S/c1-2-11-7-8-12(17-11)9-14(13(15)16)10-5-3-4-6-10/h7-8,10H,2-6,9H2,1H3,(H,15,16). The smallest absolute Gasteiger partial charge is 0.407 e. The van der Waals surface area contributed by atoms with Crippen LogP contribution in [0.15, 0.2) is 12.1 Å². The summed E-state index contributed by atoms with van der Waals surface area (Å²) in [6.45, 7) is 2.69. The molecule has 1 N–H and O–H groups in total. The Hall–Kier alpha value is -1.03. The van der Waals surface area contributed by atoms with Gasteiger partial charge in [0, 0.05) is 15.8 Å². The molecule has 4 heteroatoms. The van der Waals surface area contributed by atoms with Crippen LogP contribution in [0.2, 0.25) is 0 Å². The number of rotatable bonds is 4. The lowest BCUT2D eigenvalue weighted by atomic mass is 10.2. The molecule has 94 valence electrons. The molecule has 1 saturated carbocycles. The van der Waals surface area contributed by atoms with E-state index in [0.29, 0.717) is 6.54 Å². The average molecular weight is 253 g/mol. The zero-order valence-corrected chi connectivity index (χ0v) is 11.0. The Labute approximate surface area is 106 Å². The van der Waals surface area contributed by atoms with Crippen molar-refractivity contribution in [3.63, 3.8) is 0 Å². The van der Waals surface area contributed by atoms with Crippen LogP contribution in [0.5, 0.6) is 0 Å². The van der Waals surface area contributed by atoms with E-state index in [4.69, 9.17) is 0 Å². The van der Waals surface area contributed by atoms with Crippen molar-refractivity contribution >= 4 is 17.4 Å². The molecular weight excluding hydrogens is 234 g/mol. The zero-order valence-electron chi connectivity index (χ0n) is 10.2. The summed E-state index contributed by atoms with van der Waals surface area (Å²) < 4.78 is 0. The number of hydrogen-bond acceptors (Lipinski definition) is 2. The van der Waals surface area contributed by atoms with Gasteiger partial charge in [-0.1, -0.05) is 19.8 Å². The van der Waals surface area contributed by atoms with Crippen molar-refractivity contribution in [2.24, 2.45) is 0 Å². The lowest BCUT2D eigenvalue weighted by Gasteiger charge is -2.25. The first-order valence-corrected chi connectivity index (χ1v) is 7.09. The maximum atomic E-state index is 11.3. The van der Waals surface area contributed by atoms with Crippen molar-refractivity contribution < 1.29 is 9.90 Å². The quantitative estimate of drug-likeness (QED) is 0.888. The van der Waals surface area contributed by atoms with Crippen LogP contribution in [0.25, 0.3) is 0 Å². The molecule has 0 spiro atoms. The second-order valence-corrected chi connectivity index (χ2v) is 5.82. The van der Waals surface area contributed by atoms with Crippen LogP contribution in [-0.4, -0.2) is 22.1 Å². The molecule has 17 heavy (non-hydrogen) atoms. The second kappa shape index (κ2) is 5.54. The van der Waals surface area contributed by atoms with Gasteiger partial charge in [-0.15, -0.1) is 11.3 Å². The number of carboxylic acid groups (broad SMARTS) is 1. The Bertz CT molecular complexity index is 383. The Morgan fingerprint density at radius 2 is 2.06 bits per heavy atom. The van der Waals surface area contributed by atoms with Gasteiger partial charge in [-0.05, 0) is 31.4 Å². The van der Waals surface area contributed by atoms with Gasteiger partial charge in [0.2, 0.25) is 0 Å². The van der Waals surface area contributed by atoms with E-state index in [9.17, 15) is 9.90 Å². The fourth-order valence-corrected chi connectivity index (χ4v) is 3.39. The van der Waals surface area contributed by atoms with Gasteiger partial charge in [-0.25, -0.2) is 4.79 Å². The van der Waals surface area contributed by atoms with Crippen LogP contribution in [0.3, 0.4) is 0 Å². The molecule has 3 nitrogen and oxygen atoms in total. The summed E-state index contributed by atoms with van der Waals surface area (Å²) >= 11 is 1.73. The predicted octanol–water partition coefficient (Wildman–Crippen LogP) is 3.73. The summed E-state index contributed by atoms with van der Waals surface area (Å²) in [5.41, 5.74) is 0. The number of hydrogen-bond donors (Lipinski definition) is 1. The van der Waals surface area contributed by atoms with Crippen molar-refractivity contribution in [1.29, 1.82) is 0 Å². The van der Waals surface area contributed by atoms with Gasteiger partial charge < -0.3 is 10.0 Å². The van der Waals surface area contributed by atoms with E-state index in [1.54, 1.807) is 16.2 Å². The van der Waals surface area contributed by atoms with E-state index < -0.39 is 6.09 Å². The molecule has 0 saturated heterocycles. The summed E-state index contributed by atoms with van der Waals surface area (Å²) in [6.07, 6.45) is 4.64. The van der Waals surface area contributed by atoms with E-state index in [2.05, 4.69) is 19.1 Å². The fourth-order valence-electron chi connectivity index (χ4n) is 2.43. The first kappa shape index (κ1) is 12.4. The molecule has 0 aromatic carbocycles. The Morgan fingerprint density at radius 1 is 1.41 bits per heavy atom. The second-order valence-electron chi connectivity index (χ2n) is 4.57. The number of aryl methyl sites for hydroxylation is 1. The minimum atomic E-state index is -0.775. The molecule has 0 unspecified atom stereocenters. The zero-order chi connectivity index (χ0) is 12.3. The van der Waals surface area contributed by atoms with E-state index in [-0.39, 0.29) is 6.04 Å². The highest BCUT2D eigenvalue weighted by Crippen LogP contribution is 2.27. The third kappa shape index (κ3) is 3.00. The molecule has 1 aromatic heterocycles. The van der Waals surface area contributed by atoms with Crippen LogP contribution in [0.1, 0.15) is 42.4 Å². The first-order chi connectivity index (χ1) is 8.20. The van der Waals surface area contributed by atoms with Crippen molar-refractivity contribution in [2.45, 2.75) is 51.6 Å². The van der Waals surface area contributed by atoms with Gasteiger partial charge >= 0.3 is 6.09 Å². The number of amides is 1. The van der Waals surface area contributed by atoms with E-state index in [1.165, 1.54) is 17.7 Å². The van der Waals surface area contributed by atoms with Crippen LogP contribution < -0.4 is 0 Å². The van der Waals surface area contributed by atoms with Crippen molar-refractivity contribution in [1.82, 2.24) is 4.90 Å². The van der Waals surface area contributed by atoms with Crippen LogP contribution in [0, 0.1) is 0 Å². The maximum Gasteiger partial charge on any atom is 0.407 e. The molecule has 0 radical (unpaired) electrons. The number of thiophene rings is 1. The first-order valence-electron chi connectivity index (χ1n) is 6.28. The lowest BCUT2D eigenvalue weighted by Crippen LogP contribution is -2.36. The van der Waals surface area contributed by atoms with Crippen LogP contribution in [0.4, 0.5) is 4.79 Å². The van der Waals surface area contributed by atoms with Gasteiger partial charge in [-0.2, -0.15) is 0 Å². The van der Waals surface area contributed by atoms with E-state index >= 15 is 0 Å². The Kier molecular flexibility index (Phi) is 4.05. The third-order valence-corrected chi connectivity index (χ3v) is 4.62. The fraction of sp³-hybridized carbons (Fsp3) is 0.615. The molecule has 1 aromatic rings. The minimum absolute atomic E-state index is 0.236. The van der Waals surface area contributed by atoms with Gasteiger partial charge in [0.1, 0.15) is 0 Å². The molecule has 0 bridgehead atoms. The predicted molar refractivity (Wildman–Crippen MR) is 69.5 cm³/mol. The minimum Gasteiger partial charge on any atom is -0.465 e. The largest absolute Gasteiger partial charge is 0.465 e. The summed E-state index contributed by atoms with van der Waals surface area (Å²) in [4.78, 5) is 15.4. The SMILES string of the molecule is CCc1ccc(CN(C(=O)O)C2CCCC2)s1. The molecule has 1 heterocycles. The van der Waals surface area contributed by atoms with Gasteiger partial charge in [0.15, 0.2) is 0 Å². The molecule has 1 amide bonds. The van der Waals surface area contributed by atoms with Gasteiger partial charge in [-0.3, -0.25) is 0 Å². The van der Waals surface area contributed by atoms with Crippen LogP contribution >= 0.6 is 11.3 Å². The molecule has 1 aliphatic rings. The molecule has 0 atom stereocenters. The van der Waals surface area contributed by atoms with Crippen molar-refractivity contribution in [2.75, 3.05) is 0 Å². The lowest BCUT2D eigenvalue weighted by molar-refractivity contribution is 0.122. The third-order valence-electron chi connectivity index (χ3n) is 3.40. The molecule has 1 fully saturated rings.